The smallest absolute Gasteiger partial charge is 0.0351 e. The molecule has 0 aromatic heterocycles. The van der Waals surface area contributed by atoms with E-state index in [1.54, 1.807) is 0 Å². The summed E-state index contributed by atoms with van der Waals surface area (Å²) in [6.45, 7) is 6.06. The van der Waals surface area contributed by atoms with Gasteiger partial charge in [-0.15, -0.1) is 36.4 Å². The largest absolute Gasteiger partial charge is 0.330 e. The summed E-state index contributed by atoms with van der Waals surface area (Å²) in [6, 6.07) is 0. The van der Waals surface area contributed by atoms with Crippen molar-refractivity contribution < 1.29 is 0 Å². The molecule has 0 heterocycles. The Morgan fingerprint density at radius 1 is 1.25 bits per heavy atom. The van der Waals surface area contributed by atoms with E-state index in [2.05, 4.69) is 11.8 Å². The number of hydrogen-bond donors (Lipinski definition) is 1. The fraction of sp³-hybridized carbons (Fsp3) is 1.00. The molecule has 78 valence electrons. The molecular formula is C7H19Cl3N2. The van der Waals surface area contributed by atoms with Crippen molar-refractivity contribution in [3.8, 4) is 0 Å². The van der Waals surface area contributed by atoms with Gasteiger partial charge in [0.2, 0.25) is 0 Å². The zero-order valence-electron chi connectivity index (χ0n) is 7.46. The van der Waals surface area contributed by atoms with Gasteiger partial charge in [-0.2, -0.15) is 0 Å². The Morgan fingerprint density at radius 2 is 1.83 bits per heavy atom. The van der Waals surface area contributed by atoms with Gasteiger partial charge in [-0.3, -0.25) is 0 Å². The van der Waals surface area contributed by atoms with Crippen LogP contribution in [0.4, 0.5) is 0 Å². The molecule has 0 bridgehead atoms. The van der Waals surface area contributed by atoms with Crippen LogP contribution in [-0.4, -0.2) is 37.0 Å². The van der Waals surface area contributed by atoms with E-state index in [4.69, 9.17) is 17.3 Å². The first-order chi connectivity index (χ1) is 4.85. The van der Waals surface area contributed by atoms with Crippen LogP contribution in [-0.2, 0) is 0 Å². The first kappa shape index (κ1) is 18.5. The fourth-order valence-corrected chi connectivity index (χ4v) is 1.10. The predicted octanol–water partition coefficient (Wildman–Crippen LogP) is 1.74. The number of nitrogens with zero attached hydrogens (tertiary/aromatic N) is 1. The summed E-state index contributed by atoms with van der Waals surface area (Å²) >= 11 is 5.58. The van der Waals surface area contributed by atoms with Gasteiger partial charge >= 0.3 is 0 Å². The molecule has 0 fully saturated rings. The van der Waals surface area contributed by atoms with Crippen molar-refractivity contribution in [1.29, 1.82) is 0 Å². The van der Waals surface area contributed by atoms with Gasteiger partial charge < -0.3 is 10.6 Å². The highest BCUT2D eigenvalue weighted by Crippen LogP contribution is 1.90. The predicted molar refractivity (Wildman–Crippen MR) is 61.0 cm³/mol. The Labute approximate surface area is 92.6 Å². The van der Waals surface area contributed by atoms with Gasteiger partial charge in [0.05, 0.1) is 0 Å². The van der Waals surface area contributed by atoms with Crippen molar-refractivity contribution in [3.05, 3.63) is 0 Å². The first-order valence-electron chi connectivity index (χ1n) is 3.83. The zero-order valence-corrected chi connectivity index (χ0v) is 9.85. The second kappa shape index (κ2) is 14.3. The van der Waals surface area contributed by atoms with Gasteiger partial charge in [0, 0.05) is 12.4 Å². The summed E-state index contributed by atoms with van der Waals surface area (Å²) in [6.07, 6.45) is 1.07. The summed E-state index contributed by atoms with van der Waals surface area (Å²) in [4.78, 5) is 2.31. The molecule has 0 aliphatic carbocycles. The van der Waals surface area contributed by atoms with Crippen LogP contribution in [0.2, 0.25) is 0 Å². The van der Waals surface area contributed by atoms with Gasteiger partial charge in [-0.25, -0.2) is 0 Å². The zero-order chi connectivity index (χ0) is 7.82. The average Bonchev–Trinajstić information content (AvgIpc) is 1.98. The lowest BCUT2D eigenvalue weighted by Crippen LogP contribution is -2.27. The third kappa shape index (κ3) is 10.8. The van der Waals surface area contributed by atoms with Gasteiger partial charge in [-0.05, 0) is 26.1 Å². The van der Waals surface area contributed by atoms with E-state index in [0.29, 0.717) is 0 Å². The normalized spacial score (nSPS) is 9.00. The van der Waals surface area contributed by atoms with Crippen LogP contribution in [0.25, 0.3) is 0 Å². The fourth-order valence-electron chi connectivity index (χ4n) is 0.862. The molecule has 12 heavy (non-hydrogen) atoms. The average molecular weight is 238 g/mol. The third-order valence-electron chi connectivity index (χ3n) is 1.53. The highest BCUT2D eigenvalue weighted by atomic mass is 35.5. The molecule has 0 aliphatic rings. The standard InChI is InChI=1S/C7H17ClN2.2ClH/c1-2-10(7-4-8)6-3-5-9;;/h2-7,9H2,1H3;2*1H. The summed E-state index contributed by atoms with van der Waals surface area (Å²) in [5.74, 6) is 0.721. The Kier molecular flexibility index (Phi) is 22.1. The quantitative estimate of drug-likeness (QED) is 0.713. The molecular weight excluding hydrogens is 218 g/mol. The van der Waals surface area contributed by atoms with Crippen LogP contribution >= 0.6 is 36.4 Å². The third-order valence-corrected chi connectivity index (χ3v) is 1.70. The van der Waals surface area contributed by atoms with Crippen molar-refractivity contribution >= 4 is 36.4 Å². The molecule has 0 saturated carbocycles. The maximum Gasteiger partial charge on any atom is 0.0351 e. The van der Waals surface area contributed by atoms with Gasteiger partial charge in [0.25, 0.3) is 0 Å². The summed E-state index contributed by atoms with van der Waals surface area (Å²) in [5, 5.41) is 0. The van der Waals surface area contributed by atoms with E-state index in [1.807, 2.05) is 0 Å². The van der Waals surface area contributed by atoms with E-state index in [0.717, 1.165) is 38.5 Å². The topological polar surface area (TPSA) is 29.3 Å². The molecule has 0 aliphatic heterocycles. The number of alkyl halides is 1. The number of rotatable bonds is 6. The Morgan fingerprint density at radius 3 is 2.17 bits per heavy atom. The van der Waals surface area contributed by atoms with Gasteiger partial charge in [0.1, 0.15) is 0 Å². The monoisotopic (exact) mass is 236 g/mol. The summed E-state index contributed by atoms with van der Waals surface area (Å²) in [5.41, 5.74) is 5.37. The van der Waals surface area contributed by atoms with Crippen LogP contribution in [0.5, 0.6) is 0 Å². The van der Waals surface area contributed by atoms with Crippen molar-refractivity contribution in [3.63, 3.8) is 0 Å². The van der Waals surface area contributed by atoms with Crippen LogP contribution in [0, 0.1) is 0 Å². The first-order valence-corrected chi connectivity index (χ1v) is 4.37. The minimum Gasteiger partial charge on any atom is -0.330 e. The van der Waals surface area contributed by atoms with Crippen LogP contribution < -0.4 is 5.73 Å². The molecule has 0 amide bonds. The lowest BCUT2D eigenvalue weighted by Gasteiger charge is -2.17. The maximum absolute atomic E-state index is 5.58. The molecule has 0 aromatic rings. The molecule has 0 atom stereocenters. The number of hydrogen-bond acceptors (Lipinski definition) is 2. The Balaban J connectivity index is -0.000000405. The van der Waals surface area contributed by atoms with E-state index >= 15 is 0 Å². The number of nitrogens with two attached hydrogens (primary N) is 1. The van der Waals surface area contributed by atoms with Crippen molar-refractivity contribution in [2.24, 2.45) is 5.73 Å². The lowest BCUT2D eigenvalue weighted by atomic mass is 10.4. The molecule has 0 spiro atoms. The van der Waals surface area contributed by atoms with Gasteiger partial charge in [-0.1, -0.05) is 6.92 Å². The molecule has 0 rings (SSSR count). The molecule has 5 heteroatoms. The van der Waals surface area contributed by atoms with Crippen LogP contribution in [0.1, 0.15) is 13.3 Å². The van der Waals surface area contributed by atoms with Crippen molar-refractivity contribution in [2.75, 3.05) is 32.1 Å². The number of halogens is 3. The van der Waals surface area contributed by atoms with Gasteiger partial charge in [0.15, 0.2) is 0 Å². The highest BCUT2D eigenvalue weighted by Gasteiger charge is 1.98. The molecule has 2 N–H and O–H groups in total. The molecule has 0 unspecified atom stereocenters. The summed E-state index contributed by atoms with van der Waals surface area (Å²) in [7, 11) is 0. The second-order valence-corrected chi connectivity index (χ2v) is 2.64. The van der Waals surface area contributed by atoms with Crippen LogP contribution in [0.15, 0.2) is 0 Å². The van der Waals surface area contributed by atoms with Crippen LogP contribution in [0.3, 0.4) is 0 Å². The summed E-state index contributed by atoms with van der Waals surface area (Å²) < 4.78 is 0. The molecule has 2 nitrogen and oxygen atoms in total. The molecule has 0 saturated heterocycles. The second-order valence-electron chi connectivity index (χ2n) is 2.27. The van der Waals surface area contributed by atoms with E-state index < -0.39 is 0 Å². The maximum atomic E-state index is 5.58. The lowest BCUT2D eigenvalue weighted by molar-refractivity contribution is 0.303. The Bertz CT molecular complexity index is 73.7. The molecule has 0 radical (unpaired) electrons. The highest BCUT2D eigenvalue weighted by molar-refractivity contribution is 6.18. The van der Waals surface area contributed by atoms with E-state index in [1.165, 1.54) is 0 Å². The minimum atomic E-state index is 0. The molecule has 0 aromatic carbocycles. The van der Waals surface area contributed by atoms with Crippen molar-refractivity contribution in [2.45, 2.75) is 13.3 Å². The van der Waals surface area contributed by atoms with Crippen molar-refractivity contribution in [1.82, 2.24) is 4.90 Å². The Hall–Kier alpha value is 0.790. The van der Waals surface area contributed by atoms with E-state index in [9.17, 15) is 0 Å². The van der Waals surface area contributed by atoms with E-state index in [-0.39, 0.29) is 24.8 Å². The SMILES string of the molecule is CCN(CCCl)CCCN.Cl.Cl. The minimum absolute atomic E-state index is 0.